The number of amides is 1. The first-order valence-electron chi connectivity index (χ1n) is 9.58. The smallest absolute Gasteiger partial charge is 0.255 e. The van der Waals surface area contributed by atoms with Crippen molar-refractivity contribution in [3.63, 3.8) is 0 Å². The van der Waals surface area contributed by atoms with E-state index in [1.807, 2.05) is 0 Å². The van der Waals surface area contributed by atoms with Crippen molar-refractivity contribution < 1.29 is 22.3 Å². The van der Waals surface area contributed by atoms with Crippen molar-refractivity contribution in [2.45, 2.75) is 37.5 Å². The molecule has 1 aliphatic heterocycles. The third-order valence-electron chi connectivity index (χ3n) is 5.06. The molecule has 0 spiro atoms. The Morgan fingerprint density at radius 1 is 1.07 bits per heavy atom. The summed E-state index contributed by atoms with van der Waals surface area (Å²) in [5.41, 5.74) is 0.787. The molecule has 3 rings (SSSR count). The highest BCUT2D eigenvalue weighted by atomic mass is 32.2. The molecule has 0 aromatic heterocycles. The number of carbonyl (C=O) groups excluding carboxylic acids is 1. The molecule has 0 atom stereocenters. The molecule has 0 unspecified atom stereocenters. The summed E-state index contributed by atoms with van der Waals surface area (Å²) in [5, 5.41) is 2.64. The van der Waals surface area contributed by atoms with Gasteiger partial charge in [-0.3, -0.25) is 4.79 Å². The number of methoxy groups -OCH3 is 1. The summed E-state index contributed by atoms with van der Waals surface area (Å²) in [6.45, 7) is 2.58. The SMILES string of the molecule is COc1ccc(S(=O)(=O)N2CCCCCC2)cc1NC(=O)c1ccc(C)c(F)c1. The third kappa shape index (κ3) is 4.76. The van der Waals surface area contributed by atoms with Crippen LogP contribution in [0, 0.1) is 12.7 Å². The maximum Gasteiger partial charge on any atom is 0.255 e. The summed E-state index contributed by atoms with van der Waals surface area (Å²) in [6, 6.07) is 8.55. The van der Waals surface area contributed by atoms with Crippen molar-refractivity contribution in [1.82, 2.24) is 4.31 Å². The van der Waals surface area contributed by atoms with Gasteiger partial charge in [-0.15, -0.1) is 0 Å². The Kier molecular flexibility index (Phi) is 6.54. The van der Waals surface area contributed by atoms with E-state index in [0.717, 1.165) is 31.7 Å². The number of halogens is 1. The fourth-order valence-electron chi connectivity index (χ4n) is 3.30. The number of hydrogen-bond donors (Lipinski definition) is 1. The van der Waals surface area contributed by atoms with Crippen molar-refractivity contribution in [1.29, 1.82) is 0 Å². The Morgan fingerprint density at radius 2 is 1.76 bits per heavy atom. The first-order chi connectivity index (χ1) is 13.8. The van der Waals surface area contributed by atoms with Crippen molar-refractivity contribution in [3.8, 4) is 5.75 Å². The van der Waals surface area contributed by atoms with Crippen molar-refractivity contribution >= 4 is 21.6 Å². The predicted octanol–water partition coefficient (Wildman–Crippen LogP) is 3.96. The zero-order chi connectivity index (χ0) is 21.0. The molecule has 6 nitrogen and oxygen atoms in total. The van der Waals surface area contributed by atoms with Crippen molar-refractivity contribution in [2.24, 2.45) is 0 Å². The largest absolute Gasteiger partial charge is 0.495 e. The average Bonchev–Trinajstić information content (AvgIpc) is 3.00. The van der Waals surface area contributed by atoms with Crippen LogP contribution in [0.1, 0.15) is 41.6 Å². The molecule has 0 bridgehead atoms. The maximum atomic E-state index is 13.8. The van der Waals surface area contributed by atoms with Crippen LogP contribution in [0.2, 0.25) is 0 Å². The van der Waals surface area contributed by atoms with Crippen LogP contribution in [0.3, 0.4) is 0 Å². The first-order valence-corrected chi connectivity index (χ1v) is 11.0. The number of aryl methyl sites for hydroxylation is 1. The number of nitrogens with zero attached hydrogens (tertiary/aromatic N) is 1. The van der Waals surface area contributed by atoms with Crippen molar-refractivity contribution in [2.75, 3.05) is 25.5 Å². The monoisotopic (exact) mass is 420 g/mol. The second kappa shape index (κ2) is 8.92. The Bertz CT molecular complexity index is 1000. The van der Waals surface area contributed by atoms with Gasteiger partial charge in [-0.25, -0.2) is 12.8 Å². The fraction of sp³-hybridized carbons (Fsp3) is 0.381. The molecule has 1 heterocycles. The Hall–Kier alpha value is -2.45. The summed E-state index contributed by atoms with van der Waals surface area (Å²) in [5.74, 6) is -0.714. The van der Waals surface area contributed by atoms with Crippen LogP contribution in [-0.4, -0.2) is 38.8 Å². The molecule has 8 heteroatoms. The highest BCUT2D eigenvalue weighted by Crippen LogP contribution is 2.30. The summed E-state index contributed by atoms with van der Waals surface area (Å²) in [6.07, 6.45) is 3.70. The number of benzene rings is 2. The van der Waals surface area contributed by atoms with Gasteiger partial charge in [0.15, 0.2) is 0 Å². The molecule has 29 heavy (non-hydrogen) atoms. The van der Waals surface area contributed by atoms with E-state index in [9.17, 15) is 17.6 Å². The zero-order valence-corrected chi connectivity index (χ0v) is 17.4. The van der Waals surface area contributed by atoms with Crippen LogP contribution in [0.25, 0.3) is 0 Å². The summed E-state index contributed by atoms with van der Waals surface area (Å²) in [7, 11) is -2.25. The minimum atomic E-state index is -3.68. The molecular weight excluding hydrogens is 395 g/mol. The average molecular weight is 421 g/mol. The number of sulfonamides is 1. The number of ether oxygens (including phenoxy) is 1. The summed E-state index contributed by atoms with van der Waals surface area (Å²) < 4.78 is 46.6. The lowest BCUT2D eigenvalue weighted by molar-refractivity contribution is 0.102. The van der Waals surface area contributed by atoms with Gasteiger partial charge in [0, 0.05) is 18.7 Å². The van der Waals surface area contributed by atoms with Crippen LogP contribution in [-0.2, 0) is 10.0 Å². The molecular formula is C21H25FN2O4S. The van der Waals surface area contributed by atoms with E-state index < -0.39 is 21.7 Å². The lowest BCUT2D eigenvalue weighted by atomic mass is 10.1. The quantitative estimate of drug-likeness (QED) is 0.794. The van der Waals surface area contributed by atoms with Crippen molar-refractivity contribution in [3.05, 3.63) is 53.3 Å². The Labute approximate surface area is 170 Å². The molecule has 2 aromatic carbocycles. The van der Waals surface area contributed by atoms with Crippen LogP contribution in [0.4, 0.5) is 10.1 Å². The number of anilines is 1. The third-order valence-corrected chi connectivity index (χ3v) is 6.95. The number of carbonyl (C=O) groups is 1. The molecule has 1 saturated heterocycles. The second-order valence-electron chi connectivity index (χ2n) is 7.10. The van der Waals surface area contributed by atoms with E-state index in [2.05, 4.69) is 5.32 Å². The molecule has 0 radical (unpaired) electrons. The highest BCUT2D eigenvalue weighted by Gasteiger charge is 2.26. The van der Waals surface area contributed by atoms with E-state index in [1.165, 1.54) is 41.7 Å². The predicted molar refractivity (Wildman–Crippen MR) is 109 cm³/mol. The molecule has 2 aromatic rings. The van der Waals surface area contributed by atoms with Gasteiger partial charge < -0.3 is 10.1 Å². The normalized spacial score (nSPS) is 15.6. The molecule has 156 valence electrons. The molecule has 1 aliphatic rings. The first kappa shape index (κ1) is 21.3. The van der Waals surface area contributed by atoms with E-state index in [4.69, 9.17) is 4.74 Å². The van der Waals surface area contributed by atoms with Gasteiger partial charge in [0.1, 0.15) is 11.6 Å². The molecule has 1 N–H and O–H groups in total. The second-order valence-corrected chi connectivity index (χ2v) is 9.04. The number of nitrogens with one attached hydrogen (secondary N) is 1. The van der Waals surface area contributed by atoms with Crippen LogP contribution in [0.15, 0.2) is 41.3 Å². The van der Waals surface area contributed by atoms with E-state index >= 15 is 0 Å². The van der Waals surface area contributed by atoms with Crippen LogP contribution >= 0.6 is 0 Å². The Balaban J connectivity index is 1.90. The topological polar surface area (TPSA) is 75.7 Å². The highest BCUT2D eigenvalue weighted by molar-refractivity contribution is 7.89. The van der Waals surface area contributed by atoms with Gasteiger partial charge in [0.25, 0.3) is 5.91 Å². The lowest BCUT2D eigenvalue weighted by Gasteiger charge is -2.21. The molecule has 0 saturated carbocycles. The van der Waals surface area contributed by atoms with Gasteiger partial charge in [0.05, 0.1) is 17.7 Å². The van der Waals surface area contributed by atoms with Crippen LogP contribution in [0.5, 0.6) is 5.75 Å². The summed E-state index contributed by atoms with van der Waals surface area (Å²) in [4.78, 5) is 12.6. The van der Waals surface area contributed by atoms with Gasteiger partial charge in [-0.2, -0.15) is 4.31 Å². The lowest BCUT2D eigenvalue weighted by Crippen LogP contribution is -2.32. The number of rotatable bonds is 5. The maximum absolute atomic E-state index is 13.8. The molecule has 1 fully saturated rings. The van der Waals surface area contributed by atoms with E-state index in [1.54, 1.807) is 6.92 Å². The minimum absolute atomic E-state index is 0.0885. The molecule has 0 aliphatic carbocycles. The zero-order valence-electron chi connectivity index (χ0n) is 16.6. The Morgan fingerprint density at radius 3 is 2.38 bits per heavy atom. The standard InChI is InChI=1S/C21H25FN2O4S/c1-15-7-8-16(13-18(15)22)21(25)23-19-14-17(9-10-20(19)28-2)29(26,27)24-11-5-3-4-6-12-24/h7-10,13-14H,3-6,11-12H2,1-2H3,(H,23,25). The van der Waals surface area contributed by atoms with Gasteiger partial charge in [-0.1, -0.05) is 18.9 Å². The van der Waals surface area contributed by atoms with Crippen LogP contribution < -0.4 is 10.1 Å². The van der Waals surface area contributed by atoms with Gasteiger partial charge in [-0.05, 0) is 55.7 Å². The summed E-state index contributed by atoms with van der Waals surface area (Å²) >= 11 is 0. The van der Waals surface area contributed by atoms with E-state index in [-0.39, 0.29) is 16.1 Å². The van der Waals surface area contributed by atoms with E-state index in [0.29, 0.717) is 24.4 Å². The molecule has 1 amide bonds. The number of hydrogen-bond acceptors (Lipinski definition) is 4. The van der Waals surface area contributed by atoms with Gasteiger partial charge in [0.2, 0.25) is 10.0 Å². The fourth-order valence-corrected chi connectivity index (χ4v) is 4.85. The minimum Gasteiger partial charge on any atom is -0.495 e. The van der Waals surface area contributed by atoms with Gasteiger partial charge >= 0.3 is 0 Å².